The molecule has 57 heavy (non-hydrogen) atoms. The average molecular weight is 726 g/mol. The molecule has 0 atom stereocenters. The van der Waals surface area contributed by atoms with E-state index in [1.165, 1.54) is 88.7 Å². The van der Waals surface area contributed by atoms with Crippen molar-refractivity contribution >= 4 is 27.8 Å². The summed E-state index contributed by atoms with van der Waals surface area (Å²) in [4.78, 5) is 2.51. The molecule has 1 heteroatoms. The maximum Gasteiger partial charge on any atom is 0.0725 e. The van der Waals surface area contributed by atoms with Crippen molar-refractivity contribution in [2.75, 3.05) is 4.90 Å². The van der Waals surface area contributed by atoms with Gasteiger partial charge in [-0.1, -0.05) is 178 Å². The highest BCUT2D eigenvalue weighted by Gasteiger charge is 2.51. The first kappa shape index (κ1) is 32.3. The molecule has 0 N–H and O–H groups in total. The number of fused-ring (bicyclic) bond motifs is 14. The summed E-state index contributed by atoms with van der Waals surface area (Å²) in [6.45, 7) is 4.75. The minimum absolute atomic E-state index is 0.127. The van der Waals surface area contributed by atoms with E-state index in [0.29, 0.717) is 0 Å². The smallest absolute Gasteiger partial charge is 0.0725 e. The molecule has 0 saturated heterocycles. The lowest BCUT2D eigenvalue weighted by Gasteiger charge is -2.32. The lowest BCUT2D eigenvalue weighted by atomic mass is 9.70. The second kappa shape index (κ2) is 11.8. The zero-order chi connectivity index (χ0) is 37.9. The SMILES string of the molecule is CC1(C)c2ccccc2-c2ccc(N(c3ccc4c(c3)-c3ccccc3C43c4ccccc4-c4ccccc43)c3ccccc3-c3ccc4ccccc4c3)cc21. The van der Waals surface area contributed by atoms with Crippen LogP contribution in [0.5, 0.6) is 0 Å². The van der Waals surface area contributed by atoms with Gasteiger partial charge in [-0.2, -0.15) is 0 Å². The van der Waals surface area contributed by atoms with E-state index in [2.05, 4.69) is 219 Å². The molecule has 268 valence electrons. The number of anilines is 3. The second-order valence-corrected chi connectivity index (χ2v) is 16.4. The van der Waals surface area contributed by atoms with Gasteiger partial charge in [0.05, 0.1) is 11.1 Å². The Balaban J connectivity index is 1.11. The molecule has 3 aliphatic rings. The summed E-state index contributed by atoms with van der Waals surface area (Å²) in [7, 11) is 0. The Morgan fingerprint density at radius 2 is 0.789 bits per heavy atom. The van der Waals surface area contributed by atoms with E-state index in [1.807, 2.05) is 0 Å². The van der Waals surface area contributed by atoms with Crippen molar-refractivity contribution in [3.8, 4) is 44.5 Å². The van der Waals surface area contributed by atoms with E-state index in [-0.39, 0.29) is 10.8 Å². The average Bonchev–Trinajstić information content (AvgIpc) is 3.82. The minimum atomic E-state index is -0.380. The summed E-state index contributed by atoms with van der Waals surface area (Å²) < 4.78 is 0. The van der Waals surface area contributed by atoms with Crippen LogP contribution in [-0.2, 0) is 10.8 Å². The van der Waals surface area contributed by atoms with Gasteiger partial charge in [0.1, 0.15) is 0 Å². The van der Waals surface area contributed by atoms with Crippen molar-refractivity contribution in [3.63, 3.8) is 0 Å². The molecule has 0 aliphatic heterocycles. The van der Waals surface area contributed by atoms with Crippen molar-refractivity contribution in [3.05, 3.63) is 234 Å². The largest absolute Gasteiger partial charge is 0.310 e. The van der Waals surface area contributed by atoms with Crippen LogP contribution in [0.25, 0.3) is 55.3 Å². The molecule has 3 aliphatic carbocycles. The maximum absolute atomic E-state index is 2.51. The molecule has 9 aromatic rings. The molecule has 0 fully saturated rings. The van der Waals surface area contributed by atoms with Gasteiger partial charge in [-0.15, -0.1) is 0 Å². The summed E-state index contributed by atoms with van der Waals surface area (Å²) >= 11 is 0. The summed E-state index contributed by atoms with van der Waals surface area (Å²) in [5, 5.41) is 2.49. The first-order valence-electron chi connectivity index (χ1n) is 20.1. The Labute approximate surface area is 334 Å². The number of benzene rings is 9. The van der Waals surface area contributed by atoms with Crippen LogP contribution in [-0.4, -0.2) is 0 Å². The van der Waals surface area contributed by atoms with Gasteiger partial charge in [-0.25, -0.2) is 0 Å². The Morgan fingerprint density at radius 3 is 1.47 bits per heavy atom. The first-order chi connectivity index (χ1) is 28.0. The number of rotatable bonds is 4. The van der Waals surface area contributed by atoms with Gasteiger partial charge in [-0.05, 0) is 119 Å². The van der Waals surface area contributed by atoms with Crippen molar-refractivity contribution in [1.29, 1.82) is 0 Å². The number of nitrogens with zero attached hydrogens (tertiary/aromatic N) is 1. The molecule has 0 heterocycles. The van der Waals surface area contributed by atoms with Gasteiger partial charge in [-0.3, -0.25) is 0 Å². The maximum atomic E-state index is 2.51. The summed E-state index contributed by atoms with van der Waals surface area (Å²) in [6.07, 6.45) is 0. The van der Waals surface area contributed by atoms with Gasteiger partial charge in [0.2, 0.25) is 0 Å². The molecule has 0 bridgehead atoms. The zero-order valence-corrected chi connectivity index (χ0v) is 32.0. The minimum Gasteiger partial charge on any atom is -0.310 e. The zero-order valence-electron chi connectivity index (χ0n) is 32.0. The van der Waals surface area contributed by atoms with E-state index < -0.39 is 0 Å². The van der Waals surface area contributed by atoms with Gasteiger partial charge in [0.25, 0.3) is 0 Å². The van der Waals surface area contributed by atoms with Crippen LogP contribution in [0.4, 0.5) is 17.1 Å². The van der Waals surface area contributed by atoms with E-state index >= 15 is 0 Å². The summed E-state index contributed by atoms with van der Waals surface area (Å²) in [5.74, 6) is 0. The fourth-order valence-corrected chi connectivity index (χ4v) is 10.8. The van der Waals surface area contributed by atoms with Crippen LogP contribution in [0.2, 0.25) is 0 Å². The highest BCUT2D eigenvalue weighted by molar-refractivity contribution is 5.98. The third-order valence-corrected chi connectivity index (χ3v) is 13.3. The molecular formula is C56H39N. The Hall–Kier alpha value is -6.96. The highest BCUT2D eigenvalue weighted by atomic mass is 15.1. The monoisotopic (exact) mass is 725 g/mol. The van der Waals surface area contributed by atoms with E-state index in [9.17, 15) is 0 Å². The van der Waals surface area contributed by atoms with Crippen molar-refractivity contribution in [2.24, 2.45) is 0 Å². The van der Waals surface area contributed by atoms with Crippen molar-refractivity contribution < 1.29 is 0 Å². The molecule has 0 aromatic heterocycles. The molecule has 1 spiro atoms. The topological polar surface area (TPSA) is 3.24 Å². The lowest BCUT2D eigenvalue weighted by molar-refractivity contribution is 0.660. The normalized spacial score (nSPS) is 14.4. The van der Waals surface area contributed by atoms with E-state index in [4.69, 9.17) is 0 Å². The predicted molar refractivity (Wildman–Crippen MR) is 238 cm³/mol. The Morgan fingerprint density at radius 1 is 0.316 bits per heavy atom. The molecule has 0 saturated carbocycles. The van der Waals surface area contributed by atoms with Crippen LogP contribution in [0.15, 0.2) is 200 Å². The quantitative estimate of drug-likeness (QED) is 0.175. The van der Waals surface area contributed by atoms with Crippen molar-refractivity contribution in [1.82, 2.24) is 0 Å². The summed E-state index contributed by atoms with van der Waals surface area (Å²) in [6, 6.07) is 75.0. The third-order valence-electron chi connectivity index (χ3n) is 13.3. The molecular weight excluding hydrogens is 687 g/mol. The Kier molecular flexibility index (Phi) is 6.67. The second-order valence-electron chi connectivity index (χ2n) is 16.4. The number of para-hydroxylation sites is 1. The van der Waals surface area contributed by atoms with Crippen LogP contribution >= 0.6 is 0 Å². The number of hydrogen-bond acceptors (Lipinski definition) is 1. The fraction of sp³-hybridized carbons (Fsp3) is 0.0714. The molecule has 1 nitrogen and oxygen atoms in total. The molecule has 0 amide bonds. The molecule has 9 aromatic carbocycles. The van der Waals surface area contributed by atoms with Gasteiger partial charge < -0.3 is 4.90 Å². The van der Waals surface area contributed by atoms with Crippen LogP contribution in [0.1, 0.15) is 47.2 Å². The molecule has 0 radical (unpaired) electrons. The van der Waals surface area contributed by atoms with Gasteiger partial charge in [0, 0.05) is 22.4 Å². The van der Waals surface area contributed by atoms with Crippen LogP contribution < -0.4 is 4.90 Å². The van der Waals surface area contributed by atoms with Crippen molar-refractivity contribution in [2.45, 2.75) is 24.7 Å². The van der Waals surface area contributed by atoms with Gasteiger partial charge >= 0.3 is 0 Å². The predicted octanol–water partition coefficient (Wildman–Crippen LogP) is 14.6. The summed E-state index contributed by atoms with van der Waals surface area (Å²) in [5.41, 5.74) is 21.4. The van der Waals surface area contributed by atoms with E-state index in [1.54, 1.807) is 0 Å². The highest BCUT2D eigenvalue weighted by Crippen LogP contribution is 2.63. The third kappa shape index (κ3) is 4.34. The lowest BCUT2D eigenvalue weighted by Crippen LogP contribution is -2.25. The fourth-order valence-electron chi connectivity index (χ4n) is 10.8. The number of hydrogen-bond donors (Lipinski definition) is 0. The molecule has 12 rings (SSSR count). The molecule has 0 unspecified atom stereocenters. The van der Waals surface area contributed by atoms with Gasteiger partial charge in [0.15, 0.2) is 0 Å². The van der Waals surface area contributed by atoms with Crippen LogP contribution in [0, 0.1) is 0 Å². The van der Waals surface area contributed by atoms with Crippen LogP contribution in [0.3, 0.4) is 0 Å². The van der Waals surface area contributed by atoms with E-state index in [0.717, 1.165) is 17.1 Å². The standard InChI is InChI=1S/C56H39N/c1-55(2)48-22-10-5-18-42(48)46-31-29-40(35-53(46)55)57(54-26-14-9-17-41(54)38-28-27-36-15-3-4-16-37(36)33-38)39-30-32-52-47(34-39)45-21-8-13-25-51(45)56(52)49-23-11-6-19-43(49)44-20-7-12-24-50(44)56/h3-35H,1-2H3. The Bertz CT molecular complexity index is 3080. The first-order valence-corrected chi connectivity index (χ1v) is 20.1.